The van der Waals surface area contributed by atoms with Gasteiger partial charge in [0, 0.05) is 10.6 Å². The molecule has 0 aliphatic rings. The second kappa shape index (κ2) is 8.49. The number of nitrogens with zero attached hydrogens (tertiary/aromatic N) is 2. The first-order valence-corrected chi connectivity index (χ1v) is 8.41. The molecule has 1 aromatic heterocycles. The van der Waals surface area contributed by atoms with Crippen LogP contribution in [0.3, 0.4) is 0 Å². The molecule has 6 nitrogen and oxygen atoms in total. The van der Waals surface area contributed by atoms with E-state index in [4.69, 9.17) is 25.6 Å². The summed E-state index contributed by atoms with van der Waals surface area (Å²) in [4.78, 5) is 16.0. The smallest absolute Gasteiger partial charge is 0.309 e. The first-order valence-electron chi connectivity index (χ1n) is 8.04. The van der Waals surface area contributed by atoms with E-state index < -0.39 is 5.97 Å². The van der Waals surface area contributed by atoms with Crippen molar-refractivity contribution in [3.63, 3.8) is 0 Å². The summed E-state index contributed by atoms with van der Waals surface area (Å²) in [6.45, 7) is 2.16. The van der Waals surface area contributed by atoms with Crippen LogP contribution in [0.1, 0.15) is 17.9 Å². The zero-order valence-electron chi connectivity index (χ0n) is 14.1. The number of aryl methyl sites for hydroxylation is 1. The van der Waals surface area contributed by atoms with Crippen molar-refractivity contribution in [1.29, 1.82) is 0 Å². The molecule has 3 aromatic rings. The van der Waals surface area contributed by atoms with Crippen LogP contribution in [0.2, 0.25) is 5.02 Å². The Morgan fingerprint density at radius 1 is 1.12 bits per heavy atom. The van der Waals surface area contributed by atoms with Crippen molar-refractivity contribution in [2.45, 2.75) is 20.0 Å². The third-order valence-corrected chi connectivity index (χ3v) is 3.78. The van der Waals surface area contributed by atoms with E-state index in [0.29, 0.717) is 16.6 Å². The normalized spacial score (nSPS) is 10.5. The number of benzene rings is 2. The highest BCUT2D eigenvalue weighted by Gasteiger charge is 2.11. The van der Waals surface area contributed by atoms with Crippen LogP contribution in [0.25, 0.3) is 11.4 Å². The molecule has 0 aliphatic heterocycles. The summed E-state index contributed by atoms with van der Waals surface area (Å²) >= 11 is 5.84. The summed E-state index contributed by atoms with van der Waals surface area (Å²) in [6, 6.07) is 14.6. The van der Waals surface area contributed by atoms with E-state index in [1.54, 1.807) is 24.3 Å². The number of rotatable bonds is 7. The lowest BCUT2D eigenvalue weighted by Gasteiger charge is -2.06. The van der Waals surface area contributed by atoms with Crippen LogP contribution in [0.5, 0.6) is 5.75 Å². The number of carbonyl (C=O) groups excluding carboxylic acids is 1. The summed E-state index contributed by atoms with van der Waals surface area (Å²) in [7, 11) is 0. The van der Waals surface area contributed by atoms with Crippen LogP contribution < -0.4 is 4.74 Å². The summed E-state index contributed by atoms with van der Waals surface area (Å²) in [5.41, 5.74) is 1.91. The lowest BCUT2D eigenvalue weighted by molar-refractivity contribution is -0.146. The van der Waals surface area contributed by atoms with Crippen molar-refractivity contribution >= 4 is 17.6 Å². The van der Waals surface area contributed by atoms with Crippen molar-refractivity contribution < 1.29 is 18.8 Å². The maximum Gasteiger partial charge on any atom is 0.309 e. The molecular weight excluding hydrogens is 356 g/mol. The molecule has 0 fully saturated rings. The number of carbonyl (C=O) groups is 1. The van der Waals surface area contributed by atoms with Gasteiger partial charge in [0.05, 0.1) is 13.0 Å². The SMILES string of the molecule is Cc1ccc(OCCC(=O)OCc2nc(-c3ccc(Cl)cc3)no2)cc1. The van der Waals surface area contributed by atoms with E-state index in [2.05, 4.69) is 10.1 Å². The quantitative estimate of drug-likeness (QED) is 0.578. The minimum Gasteiger partial charge on any atom is -0.493 e. The Morgan fingerprint density at radius 2 is 1.85 bits per heavy atom. The van der Waals surface area contributed by atoms with Gasteiger partial charge in [-0.25, -0.2) is 0 Å². The molecule has 3 rings (SSSR count). The lowest BCUT2D eigenvalue weighted by Crippen LogP contribution is -2.10. The monoisotopic (exact) mass is 372 g/mol. The standard InChI is InChI=1S/C19H17ClN2O4/c1-13-2-8-16(9-3-13)24-11-10-18(23)25-12-17-21-19(22-26-17)14-4-6-15(20)7-5-14/h2-9H,10-12H2,1H3. The Kier molecular flexibility index (Phi) is 5.86. The van der Waals surface area contributed by atoms with Crippen molar-refractivity contribution in [1.82, 2.24) is 10.1 Å². The molecule has 0 saturated carbocycles. The molecule has 1 heterocycles. The number of hydrogen-bond donors (Lipinski definition) is 0. The van der Waals surface area contributed by atoms with Gasteiger partial charge >= 0.3 is 5.97 Å². The van der Waals surface area contributed by atoms with Gasteiger partial charge in [-0.05, 0) is 43.3 Å². The molecule has 0 aliphatic carbocycles. The molecule has 0 saturated heterocycles. The highest BCUT2D eigenvalue weighted by atomic mass is 35.5. The fourth-order valence-corrected chi connectivity index (χ4v) is 2.26. The van der Waals surface area contributed by atoms with Gasteiger partial charge in [-0.3, -0.25) is 4.79 Å². The number of hydrogen-bond acceptors (Lipinski definition) is 6. The average Bonchev–Trinajstić information content (AvgIpc) is 3.11. The topological polar surface area (TPSA) is 74.5 Å². The fraction of sp³-hybridized carbons (Fsp3) is 0.211. The largest absolute Gasteiger partial charge is 0.493 e. The summed E-state index contributed by atoms with van der Waals surface area (Å²) in [6.07, 6.45) is 0.131. The molecule has 7 heteroatoms. The third-order valence-electron chi connectivity index (χ3n) is 3.52. The molecule has 2 aromatic carbocycles. The van der Waals surface area contributed by atoms with E-state index in [1.165, 1.54) is 0 Å². The van der Waals surface area contributed by atoms with Crippen molar-refractivity contribution in [2.24, 2.45) is 0 Å². The van der Waals surface area contributed by atoms with Gasteiger partial charge < -0.3 is 14.0 Å². The highest BCUT2D eigenvalue weighted by molar-refractivity contribution is 6.30. The number of ether oxygens (including phenoxy) is 2. The lowest BCUT2D eigenvalue weighted by atomic mass is 10.2. The predicted octanol–water partition coefficient (Wildman–Crippen LogP) is 4.21. The van der Waals surface area contributed by atoms with E-state index in [0.717, 1.165) is 11.1 Å². The van der Waals surface area contributed by atoms with E-state index in [9.17, 15) is 4.79 Å². The maximum absolute atomic E-state index is 11.8. The average molecular weight is 373 g/mol. The zero-order chi connectivity index (χ0) is 18.4. The fourth-order valence-electron chi connectivity index (χ4n) is 2.13. The van der Waals surface area contributed by atoms with Gasteiger partial charge in [-0.2, -0.15) is 4.98 Å². The first kappa shape index (κ1) is 17.9. The molecule has 0 bridgehead atoms. The Bertz CT molecular complexity index is 860. The van der Waals surface area contributed by atoms with E-state index >= 15 is 0 Å². The molecule has 0 amide bonds. The number of halogens is 1. The number of esters is 1. The van der Waals surface area contributed by atoms with Gasteiger partial charge in [0.25, 0.3) is 5.89 Å². The Morgan fingerprint density at radius 3 is 2.58 bits per heavy atom. The molecule has 0 radical (unpaired) electrons. The molecule has 0 atom stereocenters. The van der Waals surface area contributed by atoms with Crippen LogP contribution >= 0.6 is 11.6 Å². The Hall–Kier alpha value is -2.86. The molecular formula is C19H17ClN2O4. The predicted molar refractivity (Wildman–Crippen MR) is 95.8 cm³/mol. The van der Waals surface area contributed by atoms with E-state index in [1.807, 2.05) is 31.2 Å². The zero-order valence-corrected chi connectivity index (χ0v) is 14.9. The minimum atomic E-state index is -0.400. The second-order valence-electron chi connectivity index (χ2n) is 5.59. The van der Waals surface area contributed by atoms with Gasteiger partial charge in [0.1, 0.15) is 5.75 Å². The van der Waals surface area contributed by atoms with Crippen molar-refractivity contribution in [2.75, 3.05) is 6.61 Å². The molecule has 0 spiro atoms. The van der Waals surface area contributed by atoms with Crippen LogP contribution in [0, 0.1) is 6.92 Å². The molecule has 26 heavy (non-hydrogen) atoms. The van der Waals surface area contributed by atoms with Gasteiger partial charge in [0.2, 0.25) is 5.82 Å². The molecule has 134 valence electrons. The van der Waals surface area contributed by atoms with Crippen molar-refractivity contribution in [3.05, 3.63) is 65.0 Å². The summed E-state index contributed by atoms with van der Waals surface area (Å²) in [5.74, 6) is 0.953. The Balaban J connectivity index is 1.43. The first-order chi connectivity index (χ1) is 12.6. The van der Waals surface area contributed by atoms with Gasteiger partial charge in [-0.1, -0.05) is 34.5 Å². The van der Waals surface area contributed by atoms with E-state index in [-0.39, 0.29) is 25.5 Å². The number of aromatic nitrogens is 2. The second-order valence-corrected chi connectivity index (χ2v) is 6.03. The summed E-state index contributed by atoms with van der Waals surface area (Å²) in [5, 5.41) is 4.48. The van der Waals surface area contributed by atoms with Crippen LogP contribution in [0.4, 0.5) is 0 Å². The third kappa shape index (κ3) is 5.07. The molecule has 0 N–H and O–H groups in total. The van der Waals surface area contributed by atoms with Crippen molar-refractivity contribution in [3.8, 4) is 17.1 Å². The summed E-state index contributed by atoms with van der Waals surface area (Å²) < 4.78 is 15.7. The van der Waals surface area contributed by atoms with Crippen LogP contribution in [-0.4, -0.2) is 22.7 Å². The van der Waals surface area contributed by atoms with Crippen LogP contribution in [0.15, 0.2) is 53.1 Å². The maximum atomic E-state index is 11.8. The van der Waals surface area contributed by atoms with Crippen LogP contribution in [-0.2, 0) is 16.1 Å². The highest BCUT2D eigenvalue weighted by Crippen LogP contribution is 2.19. The molecule has 0 unspecified atom stereocenters. The van der Waals surface area contributed by atoms with Gasteiger partial charge in [-0.15, -0.1) is 0 Å². The van der Waals surface area contributed by atoms with Gasteiger partial charge in [0.15, 0.2) is 6.61 Å². The minimum absolute atomic E-state index is 0.0794. The Labute approximate surface area is 155 Å².